The first kappa shape index (κ1) is 13.2. The molecule has 0 atom stereocenters. The van der Waals surface area contributed by atoms with Crippen LogP contribution in [0.5, 0.6) is 0 Å². The van der Waals surface area contributed by atoms with Gasteiger partial charge in [0, 0.05) is 19.7 Å². The van der Waals surface area contributed by atoms with Gasteiger partial charge in [-0.1, -0.05) is 29.3 Å². The summed E-state index contributed by atoms with van der Waals surface area (Å²) >= 11 is 12.2. The molecular weight excluding hydrogens is 295 g/mol. The molecule has 0 saturated heterocycles. The van der Waals surface area contributed by atoms with Crippen molar-refractivity contribution < 1.29 is 0 Å². The lowest BCUT2D eigenvalue weighted by Gasteiger charge is -2.09. The molecule has 0 radical (unpaired) electrons. The average Bonchev–Trinajstić information content (AvgIpc) is 2.84. The fourth-order valence-corrected chi connectivity index (χ4v) is 2.34. The van der Waals surface area contributed by atoms with Crippen LogP contribution < -0.4 is 4.90 Å². The number of rotatable bonds is 2. The van der Waals surface area contributed by atoms with Gasteiger partial charge < -0.3 is 9.88 Å². The number of hydrogen-bond acceptors (Lipinski definition) is 3. The summed E-state index contributed by atoms with van der Waals surface area (Å²) in [5.74, 6) is 1.52. The molecule has 3 aromatic rings. The van der Waals surface area contributed by atoms with Gasteiger partial charge in [0.05, 0.1) is 15.6 Å². The molecule has 0 bridgehead atoms. The lowest BCUT2D eigenvalue weighted by atomic mass is 10.2. The predicted molar refractivity (Wildman–Crippen MR) is 83.7 cm³/mol. The van der Waals surface area contributed by atoms with Gasteiger partial charge in [0.1, 0.15) is 11.6 Å². The van der Waals surface area contributed by atoms with Crippen LogP contribution in [-0.4, -0.2) is 29.0 Å². The lowest BCUT2D eigenvalue weighted by Crippen LogP contribution is -2.10. The molecule has 2 aromatic heterocycles. The molecule has 0 amide bonds. The van der Waals surface area contributed by atoms with E-state index < -0.39 is 0 Å². The summed E-state index contributed by atoms with van der Waals surface area (Å²) in [4.78, 5) is 14.1. The summed E-state index contributed by atoms with van der Waals surface area (Å²) in [6.45, 7) is 0. The van der Waals surface area contributed by atoms with Crippen LogP contribution in [0.4, 0.5) is 5.82 Å². The molecule has 20 heavy (non-hydrogen) atoms. The SMILES string of the molecule is CN(C)c1ccc2[nH]c(-c3cccc(Cl)c3Cl)nc2n1. The van der Waals surface area contributed by atoms with Crippen LogP contribution in [0.15, 0.2) is 30.3 Å². The van der Waals surface area contributed by atoms with Crippen molar-refractivity contribution in [1.29, 1.82) is 0 Å². The molecule has 1 N–H and O–H groups in total. The predicted octanol–water partition coefficient (Wildman–Crippen LogP) is 4.00. The van der Waals surface area contributed by atoms with E-state index in [1.165, 1.54) is 0 Å². The Morgan fingerprint density at radius 1 is 1.05 bits per heavy atom. The zero-order valence-corrected chi connectivity index (χ0v) is 12.5. The number of nitrogens with zero attached hydrogens (tertiary/aromatic N) is 3. The smallest absolute Gasteiger partial charge is 0.180 e. The fourth-order valence-electron chi connectivity index (χ4n) is 1.95. The first-order valence-electron chi connectivity index (χ1n) is 6.05. The highest BCUT2D eigenvalue weighted by atomic mass is 35.5. The van der Waals surface area contributed by atoms with Crippen molar-refractivity contribution in [1.82, 2.24) is 15.0 Å². The van der Waals surface area contributed by atoms with Gasteiger partial charge in [-0.3, -0.25) is 0 Å². The Morgan fingerprint density at radius 2 is 1.85 bits per heavy atom. The van der Waals surface area contributed by atoms with Gasteiger partial charge in [-0.25, -0.2) is 9.97 Å². The largest absolute Gasteiger partial charge is 0.363 e. The maximum Gasteiger partial charge on any atom is 0.180 e. The molecule has 0 aliphatic heterocycles. The molecule has 0 unspecified atom stereocenters. The Bertz CT molecular complexity index is 780. The standard InChI is InChI=1S/C14H12Cl2N4/c1-20(2)11-7-6-10-14(18-11)19-13(17-10)8-4-3-5-9(15)12(8)16/h3-7H,1-2H3,(H,17,18,19). The van der Waals surface area contributed by atoms with Crippen molar-refractivity contribution in [2.75, 3.05) is 19.0 Å². The zero-order valence-electron chi connectivity index (χ0n) is 11.0. The first-order valence-corrected chi connectivity index (χ1v) is 6.80. The molecule has 0 aliphatic carbocycles. The number of halogens is 2. The molecule has 1 aromatic carbocycles. The average molecular weight is 307 g/mol. The number of fused-ring (bicyclic) bond motifs is 1. The number of hydrogen-bond donors (Lipinski definition) is 1. The molecule has 2 heterocycles. The molecule has 3 rings (SSSR count). The second-order valence-corrected chi connectivity index (χ2v) is 5.41. The first-order chi connectivity index (χ1) is 9.56. The van der Waals surface area contributed by atoms with Crippen molar-refractivity contribution in [2.24, 2.45) is 0 Å². The highest BCUT2D eigenvalue weighted by Gasteiger charge is 2.12. The van der Waals surface area contributed by atoms with E-state index in [4.69, 9.17) is 23.2 Å². The minimum atomic E-state index is 0.487. The topological polar surface area (TPSA) is 44.8 Å². The molecule has 4 nitrogen and oxygen atoms in total. The Kier molecular flexibility index (Phi) is 3.28. The number of nitrogens with one attached hydrogen (secondary N) is 1. The Hall–Kier alpha value is -1.78. The molecule has 6 heteroatoms. The summed E-state index contributed by atoms with van der Waals surface area (Å²) in [6, 6.07) is 9.35. The zero-order chi connectivity index (χ0) is 14.3. The van der Waals surface area contributed by atoms with Crippen molar-refractivity contribution >= 4 is 40.2 Å². The molecule has 0 saturated carbocycles. The molecule has 0 fully saturated rings. The molecule has 102 valence electrons. The minimum Gasteiger partial charge on any atom is -0.363 e. The maximum atomic E-state index is 6.22. The second kappa shape index (κ2) is 4.96. The number of anilines is 1. The van der Waals surface area contributed by atoms with Crippen molar-refractivity contribution in [3.63, 3.8) is 0 Å². The Labute approximate surface area is 126 Å². The van der Waals surface area contributed by atoms with Crippen LogP contribution in [0, 0.1) is 0 Å². The van der Waals surface area contributed by atoms with E-state index in [0.29, 0.717) is 21.5 Å². The monoisotopic (exact) mass is 306 g/mol. The van der Waals surface area contributed by atoms with E-state index in [1.807, 2.05) is 43.3 Å². The highest BCUT2D eigenvalue weighted by Crippen LogP contribution is 2.32. The van der Waals surface area contributed by atoms with Gasteiger partial charge in [-0.05, 0) is 24.3 Å². The van der Waals surface area contributed by atoms with Crippen LogP contribution in [0.2, 0.25) is 10.0 Å². The minimum absolute atomic E-state index is 0.487. The number of benzene rings is 1. The van der Waals surface area contributed by atoms with Crippen molar-refractivity contribution in [2.45, 2.75) is 0 Å². The number of imidazole rings is 1. The van der Waals surface area contributed by atoms with E-state index in [9.17, 15) is 0 Å². The number of H-pyrrole nitrogens is 1. The molecule has 0 aliphatic rings. The van der Waals surface area contributed by atoms with Crippen LogP contribution in [-0.2, 0) is 0 Å². The van der Waals surface area contributed by atoms with Gasteiger partial charge in [-0.15, -0.1) is 0 Å². The summed E-state index contributed by atoms with van der Waals surface area (Å²) in [5, 5.41) is 0.993. The summed E-state index contributed by atoms with van der Waals surface area (Å²) in [7, 11) is 3.88. The van der Waals surface area contributed by atoms with Crippen molar-refractivity contribution in [3.05, 3.63) is 40.4 Å². The number of aromatic nitrogens is 3. The second-order valence-electron chi connectivity index (χ2n) is 4.62. The Morgan fingerprint density at radius 3 is 2.60 bits per heavy atom. The fraction of sp³-hybridized carbons (Fsp3) is 0.143. The van der Waals surface area contributed by atoms with Gasteiger partial charge in [0.2, 0.25) is 0 Å². The molecular formula is C14H12Cl2N4. The third kappa shape index (κ3) is 2.21. The molecule has 0 spiro atoms. The van der Waals surface area contributed by atoms with Crippen LogP contribution >= 0.6 is 23.2 Å². The van der Waals surface area contributed by atoms with E-state index in [1.54, 1.807) is 6.07 Å². The Balaban J connectivity index is 2.15. The third-order valence-electron chi connectivity index (χ3n) is 3.00. The van der Waals surface area contributed by atoms with Gasteiger partial charge in [-0.2, -0.15) is 0 Å². The number of pyridine rings is 1. The lowest BCUT2D eigenvalue weighted by molar-refractivity contribution is 1.08. The normalized spacial score (nSPS) is 11.0. The summed E-state index contributed by atoms with van der Waals surface area (Å²) in [6.07, 6.45) is 0. The van der Waals surface area contributed by atoms with E-state index >= 15 is 0 Å². The van der Waals surface area contributed by atoms with Crippen LogP contribution in [0.3, 0.4) is 0 Å². The van der Waals surface area contributed by atoms with E-state index in [0.717, 1.165) is 16.9 Å². The van der Waals surface area contributed by atoms with Gasteiger partial charge >= 0.3 is 0 Å². The van der Waals surface area contributed by atoms with E-state index in [2.05, 4.69) is 15.0 Å². The highest BCUT2D eigenvalue weighted by molar-refractivity contribution is 6.43. The number of aromatic amines is 1. The third-order valence-corrected chi connectivity index (χ3v) is 3.82. The quantitative estimate of drug-likeness (QED) is 0.778. The van der Waals surface area contributed by atoms with Crippen LogP contribution in [0.25, 0.3) is 22.6 Å². The maximum absolute atomic E-state index is 6.22. The van der Waals surface area contributed by atoms with Gasteiger partial charge in [0.15, 0.2) is 5.65 Å². The summed E-state index contributed by atoms with van der Waals surface area (Å²) in [5.41, 5.74) is 2.28. The summed E-state index contributed by atoms with van der Waals surface area (Å²) < 4.78 is 0. The van der Waals surface area contributed by atoms with Crippen LogP contribution in [0.1, 0.15) is 0 Å². The van der Waals surface area contributed by atoms with Gasteiger partial charge in [0.25, 0.3) is 0 Å². The van der Waals surface area contributed by atoms with Crippen molar-refractivity contribution in [3.8, 4) is 11.4 Å². The van der Waals surface area contributed by atoms with E-state index in [-0.39, 0.29) is 0 Å².